The third-order valence-electron chi connectivity index (χ3n) is 5.07. The summed E-state index contributed by atoms with van der Waals surface area (Å²) in [5, 5.41) is 53.1. The molecule has 5 N–H and O–H groups in total. The van der Waals surface area contributed by atoms with E-state index in [2.05, 4.69) is 5.32 Å². The average Bonchev–Trinajstić information content (AvgIpc) is 2.78. The molecule has 1 saturated heterocycles. The highest BCUT2D eigenvalue weighted by Crippen LogP contribution is 2.35. The van der Waals surface area contributed by atoms with Gasteiger partial charge in [0.15, 0.2) is 0 Å². The summed E-state index contributed by atoms with van der Waals surface area (Å²) in [6, 6.07) is 8.32. The monoisotopic (exact) mass is 462 g/mol. The van der Waals surface area contributed by atoms with E-state index in [1.165, 1.54) is 31.2 Å². The second-order valence-corrected chi connectivity index (χ2v) is 7.38. The zero-order valence-electron chi connectivity index (χ0n) is 17.3. The summed E-state index contributed by atoms with van der Waals surface area (Å²) in [5.41, 5.74) is -0.306. The fraction of sp³-hybridized carbons (Fsp3) is 0.333. The first-order chi connectivity index (χ1) is 15.6. The van der Waals surface area contributed by atoms with Crippen molar-refractivity contribution in [1.29, 1.82) is 0 Å². The van der Waals surface area contributed by atoms with Crippen molar-refractivity contribution in [3.63, 3.8) is 0 Å². The number of nitro groups is 1. The molecule has 0 aliphatic carbocycles. The molecule has 1 amide bonds. The highest BCUT2D eigenvalue weighted by molar-refractivity contribution is 5.91. The summed E-state index contributed by atoms with van der Waals surface area (Å²) in [6.07, 6.45) is -5.60. The molecule has 2 aromatic carbocycles. The molecule has 3 rings (SSSR count). The van der Waals surface area contributed by atoms with E-state index in [1.807, 2.05) is 0 Å². The summed E-state index contributed by atoms with van der Waals surface area (Å²) in [6.45, 7) is 0.554. The Bertz CT molecular complexity index is 1030. The maximum Gasteiger partial charge on any atom is 0.335 e. The van der Waals surface area contributed by atoms with Gasteiger partial charge in [0.05, 0.1) is 17.1 Å². The highest BCUT2D eigenvalue weighted by Gasteiger charge is 2.46. The lowest BCUT2D eigenvalue weighted by molar-refractivity contribution is -0.384. The standard InChI is InChI=1S/C21H22N2O10/c1-10(25)22-17-19(27)18(26)16(9-24)33-21(17)32-15-5-3-2-4-14(15)11-6-12(20(28)29)8-13(7-11)23(30)31/h2-8,16-19,21,24,26-27H,9H2,1H3,(H,22,25)(H,28,29)/t16?,17-,18-,19+,21+/m0/s1. The number of hydrogen-bond acceptors (Lipinski definition) is 9. The fourth-order valence-corrected chi connectivity index (χ4v) is 3.50. The van der Waals surface area contributed by atoms with Crippen LogP contribution in [0.1, 0.15) is 17.3 Å². The lowest BCUT2D eigenvalue weighted by Gasteiger charge is -2.42. The predicted octanol–water partition coefficient (Wildman–Crippen LogP) is 0.282. The number of aliphatic hydroxyl groups is 3. The smallest absolute Gasteiger partial charge is 0.335 e. The number of aromatic carboxylic acids is 1. The van der Waals surface area contributed by atoms with Crippen LogP contribution in [0.3, 0.4) is 0 Å². The Morgan fingerprint density at radius 3 is 2.48 bits per heavy atom. The number of ether oxygens (including phenoxy) is 2. The van der Waals surface area contributed by atoms with Crippen molar-refractivity contribution in [3.8, 4) is 16.9 Å². The number of rotatable bonds is 7. The Morgan fingerprint density at radius 2 is 1.88 bits per heavy atom. The number of hydrogen-bond donors (Lipinski definition) is 5. The average molecular weight is 462 g/mol. The van der Waals surface area contributed by atoms with Gasteiger partial charge >= 0.3 is 5.97 Å². The van der Waals surface area contributed by atoms with Crippen molar-refractivity contribution in [3.05, 3.63) is 58.1 Å². The molecule has 1 fully saturated rings. The van der Waals surface area contributed by atoms with E-state index in [0.717, 1.165) is 6.07 Å². The Hall–Kier alpha value is -3.58. The summed E-state index contributed by atoms with van der Waals surface area (Å²) in [5.74, 6) is -1.80. The van der Waals surface area contributed by atoms with Crippen LogP contribution in [0.5, 0.6) is 5.75 Å². The second kappa shape index (κ2) is 9.92. The molecule has 1 aliphatic rings. The topological polar surface area (TPSA) is 189 Å². The molecule has 5 atom stereocenters. The Balaban J connectivity index is 2.03. The minimum atomic E-state index is -1.53. The molecule has 0 aromatic heterocycles. The number of nitro benzene ring substituents is 1. The number of aliphatic hydroxyl groups excluding tert-OH is 3. The second-order valence-electron chi connectivity index (χ2n) is 7.38. The van der Waals surface area contributed by atoms with Crippen molar-refractivity contribution in [2.75, 3.05) is 6.61 Å². The van der Waals surface area contributed by atoms with E-state index in [9.17, 15) is 40.1 Å². The fourth-order valence-electron chi connectivity index (χ4n) is 3.50. The van der Waals surface area contributed by atoms with E-state index >= 15 is 0 Å². The summed E-state index contributed by atoms with van der Waals surface area (Å²) < 4.78 is 11.4. The van der Waals surface area contributed by atoms with Crippen LogP contribution >= 0.6 is 0 Å². The molecule has 0 radical (unpaired) electrons. The third-order valence-corrected chi connectivity index (χ3v) is 5.07. The number of nitrogens with one attached hydrogen (secondary N) is 1. The maximum atomic E-state index is 11.6. The van der Waals surface area contributed by atoms with Crippen molar-refractivity contribution in [2.24, 2.45) is 0 Å². The van der Waals surface area contributed by atoms with Crippen LogP contribution in [-0.2, 0) is 9.53 Å². The molecule has 0 bridgehead atoms. The molecule has 33 heavy (non-hydrogen) atoms. The molecule has 2 aromatic rings. The molecule has 1 aliphatic heterocycles. The molecule has 176 valence electrons. The zero-order chi connectivity index (χ0) is 24.3. The minimum absolute atomic E-state index is 0.0926. The third kappa shape index (κ3) is 5.26. The van der Waals surface area contributed by atoms with E-state index in [4.69, 9.17) is 9.47 Å². The van der Waals surface area contributed by atoms with Crippen molar-refractivity contribution in [2.45, 2.75) is 37.6 Å². The highest BCUT2D eigenvalue weighted by atomic mass is 16.7. The van der Waals surface area contributed by atoms with Crippen LogP contribution in [-0.4, -0.2) is 74.5 Å². The van der Waals surface area contributed by atoms with Crippen molar-refractivity contribution >= 4 is 17.6 Å². The van der Waals surface area contributed by atoms with Gasteiger partial charge < -0.3 is 35.2 Å². The molecule has 12 nitrogen and oxygen atoms in total. The van der Waals surface area contributed by atoms with Crippen LogP contribution in [0.25, 0.3) is 11.1 Å². The van der Waals surface area contributed by atoms with Gasteiger partial charge in [-0.1, -0.05) is 18.2 Å². The van der Waals surface area contributed by atoms with Gasteiger partial charge in [-0.15, -0.1) is 0 Å². The van der Waals surface area contributed by atoms with Gasteiger partial charge in [-0.25, -0.2) is 4.79 Å². The maximum absolute atomic E-state index is 11.6. The molecule has 0 saturated carbocycles. The first-order valence-electron chi connectivity index (χ1n) is 9.80. The Morgan fingerprint density at radius 1 is 1.18 bits per heavy atom. The van der Waals surface area contributed by atoms with Gasteiger partial charge in [0.1, 0.15) is 30.1 Å². The first kappa shape index (κ1) is 24.1. The quantitative estimate of drug-likeness (QED) is 0.282. The van der Waals surface area contributed by atoms with E-state index in [0.29, 0.717) is 0 Å². The first-order valence-corrected chi connectivity index (χ1v) is 9.80. The van der Waals surface area contributed by atoms with E-state index in [-0.39, 0.29) is 22.4 Å². The number of amides is 1. The minimum Gasteiger partial charge on any atom is -0.478 e. The molecular formula is C21H22N2O10. The normalized spacial score (nSPS) is 24.7. The molecule has 12 heteroatoms. The predicted molar refractivity (Wildman–Crippen MR) is 111 cm³/mol. The van der Waals surface area contributed by atoms with Crippen LogP contribution < -0.4 is 10.1 Å². The van der Waals surface area contributed by atoms with Gasteiger partial charge in [-0.2, -0.15) is 0 Å². The molecule has 1 unspecified atom stereocenters. The van der Waals surface area contributed by atoms with Gasteiger partial charge in [0.25, 0.3) is 5.69 Å². The van der Waals surface area contributed by atoms with E-state index in [1.54, 1.807) is 12.1 Å². The number of para-hydroxylation sites is 1. The lowest BCUT2D eigenvalue weighted by Crippen LogP contribution is -2.65. The molecule has 1 heterocycles. The number of nitrogens with zero attached hydrogens (tertiary/aromatic N) is 1. The zero-order valence-corrected chi connectivity index (χ0v) is 17.3. The number of carbonyl (C=O) groups excluding carboxylic acids is 1. The SMILES string of the molecule is CC(=O)N[C@@H]1[C@H](Oc2ccccc2-c2cc(C(=O)O)cc([N+](=O)[O-])c2)OC(CO)[C@H](O)[C@@H]1O. The van der Waals surface area contributed by atoms with E-state index < -0.39 is 59.7 Å². The number of carboxylic acid groups (broad SMARTS) is 1. The molecular weight excluding hydrogens is 440 g/mol. The lowest BCUT2D eigenvalue weighted by atomic mass is 9.96. The molecule has 0 spiro atoms. The number of carbonyl (C=O) groups is 2. The number of carboxylic acids is 1. The van der Waals surface area contributed by atoms with Crippen LogP contribution in [0.4, 0.5) is 5.69 Å². The largest absolute Gasteiger partial charge is 0.478 e. The van der Waals surface area contributed by atoms with Crippen LogP contribution in [0.15, 0.2) is 42.5 Å². The van der Waals surface area contributed by atoms with Crippen LogP contribution in [0.2, 0.25) is 0 Å². The summed E-state index contributed by atoms with van der Waals surface area (Å²) in [4.78, 5) is 33.6. The van der Waals surface area contributed by atoms with Gasteiger partial charge in [-0.3, -0.25) is 14.9 Å². The van der Waals surface area contributed by atoms with Crippen molar-refractivity contribution in [1.82, 2.24) is 5.32 Å². The Labute approximate surface area is 187 Å². The summed E-state index contributed by atoms with van der Waals surface area (Å²) in [7, 11) is 0. The summed E-state index contributed by atoms with van der Waals surface area (Å²) >= 11 is 0. The number of benzene rings is 2. The number of non-ortho nitro benzene ring substituents is 1. The van der Waals surface area contributed by atoms with Gasteiger partial charge in [-0.05, 0) is 17.7 Å². The van der Waals surface area contributed by atoms with Crippen LogP contribution in [0, 0.1) is 10.1 Å². The van der Waals surface area contributed by atoms with Crippen molar-refractivity contribution < 1.29 is 44.4 Å². The van der Waals surface area contributed by atoms with Gasteiger partial charge in [0.2, 0.25) is 12.2 Å². The Kier molecular flexibility index (Phi) is 7.23. The van der Waals surface area contributed by atoms with Gasteiger partial charge in [0, 0.05) is 24.6 Å².